The van der Waals surface area contributed by atoms with E-state index in [4.69, 9.17) is 0 Å². The van der Waals surface area contributed by atoms with Gasteiger partial charge in [0.15, 0.2) is 5.96 Å². The van der Waals surface area contributed by atoms with Crippen LogP contribution in [0.2, 0.25) is 0 Å². The lowest BCUT2D eigenvalue weighted by Gasteiger charge is -2.26. The summed E-state index contributed by atoms with van der Waals surface area (Å²) < 4.78 is 0. The molecule has 5 nitrogen and oxygen atoms in total. The van der Waals surface area contributed by atoms with Crippen molar-refractivity contribution in [1.82, 2.24) is 15.1 Å². The summed E-state index contributed by atoms with van der Waals surface area (Å²) in [6, 6.07) is 8.00. The molecule has 0 atom stereocenters. The van der Waals surface area contributed by atoms with Gasteiger partial charge in [-0.05, 0) is 48.8 Å². The van der Waals surface area contributed by atoms with Gasteiger partial charge < -0.3 is 15.1 Å². The Bertz CT molecular complexity index is 644. The molecule has 0 radical (unpaired) electrons. The van der Waals surface area contributed by atoms with Crippen LogP contribution in [-0.4, -0.2) is 54.9 Å². The zero-order valence-corrected chi connectivity index (χ0v) is 16.4. The van der Waals surface area contributed by atoms with Crippen LogP contribution in [0.15, 0.2) is 29.3 Å². The molecule has 0 unspecified atom stereocenters. The van der Waals surface area contributed by atoms with Gasteiger partial charge in [-0.25, -0.2) is 0 Å². The number of carbonyl (C=O) groups excluding carboxylic acids is 1. The number of nitrogens with zero attached hydrogens (tertiary/aromatic N) is 3. The molecule has 142 valence electrons. The Morgan fingerprint density at radius 2 is 1.77 bits per heavy atom. The van der Waals surface area contributed by atoms with Gasteiger partial charge in [-0.3, -0.25) is 9.79 Å². The van der Waals surface area contributed by atoms with Crippen molar-refractivity contribution >= 4 is 11.9 Å². The van der Waals surface area contributed by atoms with Crippen LogP contribution in [0.4, 0.5) is 0 Å². The van der Waals surface area contributed by atoms with E-state index in [1.807, 2.05) is 36.2 Å². The molecule has 1 aromatic carbocycles. The van der Waals surface area contributed by atoms with E-state index in [9.17, 15) is 4.79 Å². The van der Waals surface area contributed by atoms with Crippen LogP contribution < -0.4 is 5.32 Å². The number of guanidine groups is 1. The Kier molecular flexibility index (Phi) is 5.84. The van der Waals surface area contributed by atoms with Crippen LogP contribution in [0.3, 0.4) is 0 Å². The van der Waals surface area contributed by atoms with Crippen LogP contribution in [-0.2, 0) is 6.54 Å². The van der Waals surface area contributed by atoms with Crippen LogP contribution in [0.1, 0.15) is 55.5 Å². The van der Waals surface area contributed by atoms with E-state index < -0.39 is 0 Å². The molecule has 0 bridgehead atoms. The van der Waals surface area contributed by atoms with E-state index >= 15 is 0 Å². The Balaban J connectivity index is 1.54. The Labute approximate surface area is 157 Å². The van der Waals surface area contributed by atoms with Gasteiger partial charge in [-0.15, -0.1) is 0 Å². The number of rotatable bonds is 3. The fraction of sp³-hybridized carbons (Fsp3) is 0.619. The number of aliphatic imine (C=N–C) groups is 1. The second-order valence-electron chi connectivity index (χ2n) is 8.29. The zero-order valence-electron chi connectivity index (χ0n) is 16.4. The number of carbonyl (C=O) groups is 1. The molecular formula is C21H32N4O. The summed E-state index contributed by atoms with van der Waals surface area (Å²) in [7, 11) is 1.84. The summed E-state index contributed by atoms with van der Waals surface area (Å²) in [5, 5.41) is 3.46. The van der Waals surface area contributed by atoms with Gasteiger partial charge in [0, 0.05) is 45.3 Å². The van der Waals surface area contributed by atoms with Gasteiger partial charge in [-0.2, -0.15) is 0 Å². The first-order chi connectivity index (χ1) is 12.5. The van der Waals surface area contributed by atoms with Crippen molar-refractivity contribution in [2.24, 2.45) is 10.4 Å². The maximum absolute atomic E-state index is 12.5. The normalized spacial score (nSPS) is 20.3. The molecule has 1 amide bonds. The fourth-order valence-electron chi connectivity index (χ4n) is 3.85. The van der Waals surface area contributed by atoms with Crippen molar-refractivity contribution in [1.29, 1.82) is 0 Å². The molecule has 0 aromatic heterocycles. The average Bonchev–Trinajstić information content (AvgIpc) is 3.02. The van der Waals surface area contributed by atoms with Gasteiger partial charge in [0.25, 0.3) is 5.91 Å². The summed E-state index contributed by atoms with van der Waals surface area (Å²) >= 11 is 0. The van der Waals surface area contributed by atoms with Crippen LogP contribution in [0.25, 0.3) is 0 Å². The monoisotopic (exact) mass is 356 g/mol. The smallest absolute Gasteiger partial charge is 0.253 e. The first-order valence-electron chi connectivity index (χ1n) is 9.82. The highest BCUT2D eigenvalue weighted by atomic mass is 16.2. The zero-order chi connectivity index (χ0) is 18.6. The highest BCUT2D eigenvalue weighted by molar-refractivity contribution is 5.94. The lowest BCUT2D eigenvalue weighted by atomic mass is 9.93. The van der Waals surface area contributed by atoms with E-state index in [0.717, 1.165) is 57.1 Å². The minimum atomic E-state index is 0.166. The van der Waals surface area contributed by atoms with Crippen molar-refractivity contribution in [3.8, 4) is 0 Å². The second-order valence-corrected chi connectivity index (χ2v) is 8.29. The molecule has 2 fully saturated rings. The van der Waals surface area contributed by atoms with Gasteiger partial charge in [0.05, 0.1) is 0 Å². The molecule has 2 saturated heterocycles. The molecule has 1 N–H and O–H groups in total. The number of nitrogens with one attached hydrogen (secondary N) is 1. The molecule has 2 aliphatic heterocycles. The quantitative estimate of drug-likeness (QED) is 0.669. The second kappa shape index (κ2) is 8.11. The van der Waals surface area contributed by atoms with Crippen LogP contribution >= 0.6 is 0 Å². The number of amides is 1. The molecule has 2 heterocycles. The number of piperidine rings is 1. The predicted octanol–water partition coefficient (Wildman–Crippen LogP) is 3.12. The molecule has 0 spiro atoms. The summed E-state index contributed by atoms with van der Waals surface area (Å²) in [6.45, 7) is 9.21. The Hall–Kier alpha value is -2.04. The van der Waals surface area contributed by atoms with Crippen molar-refractivity contribution in [2.45, 2.75) is 46.1 Å². The molecule has 2 aliphatic rings. The van der Waals surface area contributed by atoms with Gasteiger partial charge >= 0.3 is 0 Å². The van der Waals surface area contributed by atoms with Gasteiger partial charge in [-0.1, -0.05) is 26.0 Å². The van der Waals surface area contributed by atoms with Crippen molar-refractivity contribution < 1.29 is 4.79 Å². The topological polar surface area (TPSA) is 47.9 Å². The molecule has 26 heavy (non-hydrogen) atoms. The highest BCUT2D eigenvalue weighted by Gasteiger charge is 2.30. The van der Waals surface area contributed by atoms with E-state index in [1.165, 1.54) is 18.4 Å². The van der Waals surface area contributed by atoms with Gasteiger partial charge in [0.2, 0.25) is 0 Å². The Morgan fingerprint density at radius 1 is 1.08 bits per heavy atom. The summed E-state index contributed by atoms with van der Waals surface area (Å²) in [6.07, 6.45) is 4.69. The molecule has 5 heteroatoms. The van der Waals surface area contributed by atoms with E-state index in [-0.39, 0.29) is 5.91 Å². The number of likely N-dealkylation sites (tertiary alicyclic amines) is 2. The summed E-state index contributed by atoms with van der Waals surface area (Å²) in [4.78, 5) is 21.3. The van der Waals surface area contributed by atoms with E-state index in [2.05, 4.69) is 29.1 Å². The number of hydrogen-bond donors (Lipinski definition) is 1. The third-order valence-corrected chi connectivity index (χ3v) is 5.48. The van der Waals surface area contributed by atoms with Crippen molar-refractivity contribution in [3.05, 3.63) is 35.4 Å². The molecule has 3 rings (SSSR count). The standard InChI is InChI=1S/C21H32N4O/c1-21(2)11-14-25(16-21)20(22-3)23-15-17-7-9-18(10-8-17)19(26)24-12-5-4-6-13-24/h7-10H,4-6,11-16H2,1-3H3,(H,22,23). The van der Waals surface area contributed by atoms with Crippen LogP contribution in [0.5, 0.6) is 0 Å². The Morgan fingerprint density at radius 3 is 2.35 bits per heavy atom. The third kappa shape index (κ3) is 4.57. The number of benzene rings is 1. The van der Waals surface area contributed by atoms with E-state index in [1.54, 1.807) is 0 Å². The molecule has 1 aromatic rings. The van der Waals surface area contributed by atoms with Crippen LogP contribution in [0, 0.1) is 5.41 Å². The van der Waals surface area contributed by atoms with Gasteiger partial charge in [0.1, 0.15) is 0 Å². The SMILES string of the molecule is CN=C(NCc1ccc(C(=O)N2CCCCC2)cc1)N1CCC(C)(C)C1. The maximum Gasteiger partial charge on any atom is 0.253 e. The number of hydrogen-bond acceptors (Lipinski definition) is 2. The summed E-state index contributed by atoms with van der Waals surface area (Å²) in [5.74, 6) is 1.13. The minimum absolute atomic E-state index is 0.166. The predicted molar refractivity (Wildman–Crippen MR) is 106 cm³/mol. The average molecular weight is 357 g/mol. The lowest BCUT2D eigenvalue weighted by molar-refractivity contribution is 0.0724. The van der Waals surface area contributed by atoms with E-state index in [0.29, 0.717) is 5.41 Å². The maximum atomic E-state index is 12.5. The van der Waals surface area contributed by atoms with Crippen molar-refractivity contribution in [2.75, 3.05) is 33.2 Å². The lowest BCUT2D eigenvalue weighted by Crippen LogP contribution is -2.40. The summed E-state index contributed by atoms with van der Waals surface area (Å²) in [5.41, 5.74) is 2.31. The van der Waals surface area contributed by atoms with Crippen molar-refractivity contribution in [3.63, 3.8) is 0 Å². The fourth-order valence-corrected chi connectivity index (χ4v) is 3.85. The minimum Gasteiger partial charge on any atom is -0.352 e. The largest absolute Gasteiger partial charge is 0.352 e. The first-order valence-corrected chi connectivity index (χ1v) is 9.82. The molecule has 0 saturated carbocycles. The molecule has 0 aliphatic carbocycles. The third-order valence-electron chi connectivity index (χ3n) is 5.48. The first kappa shape index (κ1) is 18.7. The highest BCUT2D eigenvalue weighted by Crippen LogP contribution is 2.28. The molecular weight excluding hydrogens is 324 g/mol.